The SMILES string of the molecule is NC(=NCc1ccccc1OC(F)F)Nc1cccc2c1CCCC2. The molecule has 0 aliphatic heterocycles. The molecule has 1 aliphatic carbocycles. The Morgan fingerprint density at radius 2 is 1.92 bits per heavy atom. The third kappa shape index (κ3) is 4.47. The Labute approximate surface area is 145 Å². The van der Waals surface area contributed by atoms with Gasteiger partial charge < -0.3 is 15.8 Å². The van der Waals surface area contributed by atoms with Crippen LogP contribution in [0.1, 0.15) is 29.5 Å². The van der Waals surface area contributed by atoms with Crippen LogP contribution in [-0.2, 0) is 19.4 Å². The smallest absolute Gasteiger partial charge is 0.387 e. The van der Waals surface area contributed by atoms with E-state index in [2.05, 4.69) is 21.1 Å². The molecule has 3 N–H and O–H groups in total. The first-order chi connectivity index (χ1) is 12.1. The van der Waals surface area contributed by atoms with Crippen LogP contribution in [0.4, 0.5) is 14.5 Å². The van der Waals surface area contributed by atoms with Crippen molar-refractivity contribution in [2.24, 2.45) is 10.7 Å². The molecule has 0 saturated heterocycles. The Hall–Kier alpha value is -2.63. The number of aryl methyl sites for hydroxylation is 1. The standard InChI is InChI=1S/C19H21F2N3O/c20-18(21)25-17-11-4-2-7-14(17)12-23-19(22)24-16-10-5-8-13-6-1-3-9-15(13)16/h2,4-5,7-8,10-11,18H,1,3,6,9,12H2,(H3,22,23,24). The molecule has 2 aromatic carbocycles. The summed E-state index contributed by atoms with van der Waals surface area (Å²) < 4.78 is 29.4. The molecule has 0 saturated carbocycles. The molecule has 0 heterocycles. The average Bonchev–Trinajstić information content (AvgIpc) is 2.61. The zero-order chi connectivity index (χ0) is 17.6. The summed E-state index contributed by atoms with van der Waals surface area (Å²) in [5, 5.41) is 3.14. The number of para-hydroxylation sites is 1. The quantitative estimate of drug-likeness (QED) is 0.634. The summed E-state index contributed by atoms with van der Waals surface area (Å²) in [5.74, 6) is 0.372. The van der Waals surface area contributed by atoms with Crippen LogP contribution in [0.2, 0.25) is 0 Å². The van der Waals surface area contributed by atoms with Gasteiger partial charge in [-0.05, 0) is 48.9 Å². The van der Waals surface area contributed by atoms with Crippen LogP contribution in [0.15, 0.2) is 47.5 Å². The van der Waals surface area contributed by atoms with E-state index in [-0.39, 0.29) is 18.3 Å². The summed E-state index contributed by atoms with van der Waals surface area (Å²) in [4.78, 5) is 4.26. The summed E-state index contributed by atoms with van der Waals surface area (Å²) >= 11 is 0. The Kier molecular flexibility index (Phi) is 5.48. The number of ether oxygens (including phenoxy) is 1. The number of aliphatic imine (C=N–C) groups is 1. The summed E-state index contributed by atoms with van der Waals surface area (Å²) in [6.07, 6.45) is 4.49. The zero-order valence-electron chi connectivity index (χ0n) is 13.8. The predicted octanol–water partition coefficient (Wildman–Crippen LogP) is 4.09. The fraction of sp³-hybridized carbons (Fsp3) is 0.316. The van der Waals surface area contributed by atoms with Crippen LogP contribution < -0.4 is 15.8 Å². The lowest BCUT2D eigenvalue weighted by atomic mass is 9.90. The third-order valence-electron chi connectivity index (χ3n) is 4.27. The molecule has 132 valence electrons. The molecule has 2 aromatic rings. The first kappa shape index (κ1) is 17.2. The van der Waals surface area contributed by atoms with Crippen LogP contribution in [-0.4, -0.2) is 12.6 Å². The van der Waals surface area contributed by atoms with E-state index < -0.39 is 6.61 Å². The topological polar surface area (TPSA) is 59.6 Å². The molecule has 0 fully saturated rings. The first-order valence-corrected chi connectivity index (χ1v) is 8.34. The number of halogens is 2. The Morgan fingerprint density at radius 1 is 1.12 bits per heavy atom. The number of nitrogens with zero attached hydrogens (tertiary/aromatic N) is 1. The van der Waals surface area contributed by atoms with Gasteiger partial charge in [-0.25, -0.2) is 4.99 Å². The second-order valence-corrected chi connectivity index (χ2v) is 5.96. The number of nitrogens with one attached hydrogen (secondary N) is 1. The van der Waals surface area contributed by atoms with Gasteiger partial charge in [-0.1, -0.05) is 30.3 Å². The fourth-order valence-corrected chi connectivity index (χ4v) is 3.09. The molecule has 6 heteroatoms. The number of hydrogen-bond donors (Lipinski definition) is 2. The Balaban J connectivity index is 1.71. The largest absolute Gasteiger partial charge is 0.434 e. The maximum atomic E-state index is 12.5. The van der Waals surface area contributed by atoms with Crippen molar-refractivity contribution in [3.05, 3.63) is 59.2 Å². The Bertz CT molecular complexity index is 762. The number of benzene rings is 2. The molecule has 0 radical (unpaired) electrons. The van der Waals surface area contributed by atoms with Crippen molar-refractivity contribution in [1.29, 1.82) is 0 Å². The molecular weight excluding hydrogens is 324 g/mol. The van der Waals surface area contributed by atoms with Crippen LogP contribution >= 0.6 is 0 Å². The molecule has 3 rings (SSSR count). The van der Waals surface area contributed by atoms with Gasteiger partial charge in [0.15, 0.2) is 5.96 Å². The highest BCUT2D eigenvalue weighted by molar-refractivity contribution is 5.93. The summed E-state index contributed by atoms with van der Waals surface area (Å²) in [5.41, 5.74) is 10.1. The molecule has 0 spiro atoms. The summed E-state index contributed by atoms with van der Waals surface area (Å²) in [7, 11) is 0. The van der Waals surface area contributed by atoms with Crippen LogP contribution in [0.3, 0.4) is 0 Å². The number of nitrogens with two attached hydrogens (primary N) is 1. The van der Waals surface area contributed by atoms with E-state index in [0.29, 0.717) is 5.56 Å². The van der Waals surface area contributed by atoms with Crippen molar-refractivity contribution >= 4 is 11.6 Å². The van der Waals surface area contributed by atoms with E-state index in [4.69, 9.17) is 5.73 Å². The van der Waals surface area contributed by atoms with Crippen molar-refractivity contribution in [2.45, 2.75) is 38.8 Å². The van der Waals surface area contributed by atoms with Gasteiger partial charge in [0.25, 0.3) is 0 Å². The maximum Gasteiger partial charge on any atom is 0.387 e. The van der Waals surface area contributed by atoms with E-state index in [9.17, 15) is 8.78 Å². The van der Waals surface area contributed by atoms with E-state index in [1.807, 2.05) is 12.1 Å². The number of alkyl halides is 2. The number of rotatable bonds is 5. The highest BCUT2D eigenvalue weighted by atomic mass is 19.3. The Morgan fingerprint density at radius 3 is 2.76 bits per heavy atom. The zero-order valence-corrected chi connectivity index (χ0v) is 13.8. The van der Waals surface area contributed by atoms with Crippen LogP contribution in [0.25, 0.3) is 0 Å². The molecule has 0 aromatic heterocycles. The van der Waals surface area contributed by atoms with Gasteiger partial charge in [0.05, 0.1) is 6.54 Å². The summed E-state index contributed by atoms with van der Waals surface area (Å²) in [6.45, 7) is -2.70. The third-order valence-corrected chi connectivity index (χ3v) is 4.27. The van der Waals surface area contributed by atoms with Gasteiger partial charge in [0.1, 0.15) is 5.75 Å². The van der Waals surface area contributed by atoms with Crippen LogP contribution in [0, 0.1) is 0 Å². The lowest BCUT2D eigenvalue weighted by Crippen LogP contribution is -2.24. The second kappa shape index (κ2) is 7.96. The predicted molar refractivity (Wildman–Crippen MR) is 95.1 cm³/mol. The van der Waals surface area contributed by atoms with Gasteiger partial charge in [-0.2, -0.15) is 8.78 Å². The van der Waals surface area contributed by atoms with Crippen molar-refractivity contribution in [2.75, 3.05) is 5.32 Å². The van der Waals surface area contributed by atoms with E-state index in [1.54, 1.807) is 18.2 Å². The van der Waals surface area contributed by atoms with Crippen molar-refractivity contribution < 1.29 is 13.5 Å². The number of hydrogen-bond acceptors (Lipinski definition) is 2. The van der Waals surface area contributed by atoms with Crippen molar-refractivity contribution in [1.82, 2.24) is 0 Å². The molecule has 0 unspecified atom stereocenters. The molecule has 25 heavy (non-hydrogen) atoms. The van der Waals surface area contributed by atoms with Gasteiger partial charge >= 0.3 is 6.61 Å². The van der Waals surface area contributed by atoms with Gasteiger partial charge in [-0.3, -0.25) is 0 Å². The van der Waals surface area contributed by atoms with Gasteiger partial charge in [0, 0.05) is 11.3 Å². The molecular formula is C19H21F2N3O. The lowest BCUT2D eigenvalue weighted by Gasteiger charge is -2.19. The lowest BCUT2D eigenvalue weighted by molar-refractivity contribution is -0.0504. The molecule has 4 nitrogen and oxygen atoms in total. The number of guanidine groups is 1. The summed E-state index contributed by atoms with van der Waals surface area (Å²) in [6, 6.07) is 12.7. The van der Waals surface area contributed by atoms with Crippen molar-refractivity contribution in [3.63, 3.8) is 0 Å². The fourth-order valence-electron chi connectivity index (χ4n) is 3.09. The highest BCUT2D eigenvalue weighted by Gasteiger charge is 2.13. The maximum absolute atomic E-state index is 12.5. The van der Waals surface area contributed by atoms with E-state index >= 15 is 0 Å². The van der Waals surface area contributed by atoms with Gasteiger partial charge in [0.2, 0.25) is 0 Å². The normalized spacial score (nSPS) is 14.3. The van der Waals surface area contributed by atoms with E-state index in [0.717, 1.165) is 18.5 Å². The molecule has 0 atom stereocenters. The number of fused-ring (bicyclic) bond motifs is 1. The van der Waals surface area contributed by atoms with Crippen molar-refractivity contribution in [3.8, 4) is 5.75 Å². The first-order valence-electron chi connectivity index (χ1n) is 8.34. The minimum absolute atomic E-state index is 0.117. The minimum Gasteiger partial charge on any atom is -0.434 e. The second-order valence-electron chi connectivity index (χ2n) is 5.96. The number of anilines is 1. The minimum atomic E-state index is -2.86. The van der Waals surface area contributed by atoms with Gasteiger partial charge in [-0.15, -0.1) is 0 Å². The molecule has 1 aliphatic rings. The monoisotopic (exact) mass is 345 g/mol. The average molecular weight is 345 g/mol. The van der Waals surface area contributed by atoms with Crippen LogP contribution in [0.5, 0.6) is 5.75 Å². The van der Waals surface area contributed by atoms with E-state index in [1.165, 1.54) is 30.0 Å². The highest BCUT2D eigenvalue weighted by Crippen LogP contribution is 2.27. The molecule has 0 amide bonds. The molecule has 0 bridgehead atoms.